The molecule has 7 aromatic carbocycles. The maximum atomic E-state index is 8.08. The van der Waals surface area contributed by atoms with Crippen molar-refractivity contribution < 1.29 is 0 Å². The maximum absolute atomic E-state index is 8.08. The summed E-state index contributed by atoms with van der Waals surface area (Å²) >= 11 is 0. The van der Waals surface area contributed by atoms with E-state index in [1.54, 1.807) is 0 Å². The largest absolute Gasteiger partial charge is 0.317 e. The van der Waals surface area contributed by atoms with Crippen LogP contribution in [0.5, 0.6) is 0 Å². The molecule has 0 unspecified atom stereocenters. The van der Waals surface area contributed by atoms with Crippen LogP contribution in [0, 0.1) is 6.57 Å². The molecular formula is C43H26N4. The van der Waals surface area contributed by atoms with E-state index in [0.29, 0.717) is 5.69 Å². The molecule has 218 valence electrons. The Hall–Kier alpha value is -6.57. The first-order valence-corrected chi connectivity index (χ1v) is 15.8. The molecule has 4 heteroatoms. The molecular weight excluding hydrogens is 573 g/mol. The van der Waals surface area contributed by atoms with Crippen LogP contribution in [0.3, 0.4) is 0 Å². The molecule has 0 atom stereocenters. The summed E-state index contributed by atoms with van der Waals surface area (Å²) in [5.74, 6) is 0. The highest BCUT2D eigenvalue weighted by Gasteiger charge is 2.24. The molecule has 47 heavy (non-hydrogen) atoms. The van der Waals surface area contributed by atoms with E-state index in [0.717, 1.165) is 49.9 Å². The molecule has 0 bridgehead atoms. The lowest BCUT2D eigenvalue weighted by molar-refractivity contribution is 1.13. The lowest BCUT2D eigenvalue weighted by Crippen LogP contribution is -2.00. The number of fused-ring (bicyclic) bond motifs is 10. The van der Waals surface area contributed by atoms with Gasteiger partial charge in [-0.2, -0.15) is 0 Å². The summed E-state index contributed by atoms with van der Waals surface area (Å²) in [6, 6.07) is 55.8. The summed E-state index contributed by atoms with van der Waals surface area (Å²) in [7, 11) is 0. The highest BCUT2D eigenvalue weighted by atomic mass is 15.1. The van der Waals surface area contributed by atoms with Crippen molar-refractivity contribution in [2.75, 3.05) is 0 Å². The van der Waals surface area contributed by atoms with Gasteiger partial charge < -0.3 is 13.7 Å². The normalized spacial score (nSPS) is 11.8. The minimum Gasteiger partial charge on any atom is -0.317 e. The van der Waals surface area contributed by atoms with Crippen LogP contribution in [0.25, 0.3) is 87.3 Å². The average Bonchev–Trinajstić information content (AvgIpc) is 3.78. The molecule has 3 aromatic heterocycles. The first-order chi connectivity index (χ1) is 23.3. The number of benzene rings is 7. The summed E-state index contributed by atoms with van der Waals surface area (Å²) in [5, 5.41) is 7.10. The van der Waals surface area contributed by atoms with Gasteiger partial charge in [-0.15, -0.1) is 0 Å². The first kappa shape index (κ1) is 25.7. The third-order valence-corrected chi connectivity index (χ3v) is 9.63. The fourth-order valence-electron chi connectivity index (χ4n) is 7.80. The molecule has 0 amide bonds. The van der Waals surface area contributed by atoms with E-state index >= 15 is 0 Å². The highest BCUT2D eigenvalue weighted by molar-refractivity contribution is 6.27. The maximum Gasteiger partial charge on any atom is 0.211 e. The molecule has 0 spiro atoms. The molecule has 0 fully saturated rings. The van der Waals surface area contributed by atoms with Gasteiger partial charge in [-0.1, -0.05) is 109 Å². The summed E-state index contributed by atoms with van der Waals surface area (Å²) in [6.07, 6.45) is 0. The van der Waals surface area contributed by atoms with Crippen LogP contribution in [0.4, 0.5) is 5.69 Å². The minimum atomic E-state index is 0.643. The lowest BCUT2D eigenvalue weighted by atomic mass is 10.1. The fourth-order valence-corrected chi connectivity index (χ4v) is 7.80. The zero-order valence-electron chi connectivity index (χ0n) is 25.3. The number of para-hydroxylation sites is 6. The summed E-state index contributed by atoms with van der Waals surface area (Å²) in [5.41, 5.74) is 10.6. The Kier molecular flexibility index (Phi) is 5.32. The topological polar surface area (TPSA) is 19.1 Å². The van der Waals surface area contributed by atoms with Gasteiger partial charge in [0, 0.05) is 38.3 Å². The van der Waals surface area contributed by atoms with Crippen molar-refractivity contribution in [2.24, 2.45) is 0 Å². The number of rotatable bonds is 3. The van der Waals surface area contributed by atoms with Crippen LogP contribution in [0.15, 0.2) is 158 Å². The van der Waals surface area contributed by atoms with Gasteiger partial charge >= 0.3 is 0 Å². The van der Waals surface area contributed by atoms with Gasteiger partial charge in [0.05, 0.1) is 45.4 Å². The van der Waals surface area contributed by atoms with Crippen molar-refractivity contribution >= 4 is 71.1 Å². The number of hydrogen-bond acceptors (Lipinski definition) is 0. The van der Waals surface area contributed by atoms with Crippen molar-refractivity contribution in [3.63, 3.8) is 0 Å². The van der Waals surface area contributed by atoms with Gasteiger partial charge in [0.25, 0.3) is 0 Å². The SMILES string of the molecule is [C-]#[N+]c1cccc2c3cccc(-n4c5ccccc5c5c4ccc4c6ccccc6n(-c6ccccc6)c45)c3n(-c3ccccc3)c12. The number of hydrogen-bond donors (Lipinski definition) is 0. The first-order valence-electron chi connectivity index (χ1n) is 15.8. The van der Waals surface area contributed by atoms with Gasteiger partial charge in [0.1, 0.15) is 0 Å². The second kappa shape index (κ2) is 9.71. The van der Waals surface area contributed by atoms with E-state index in [1.165, 1.54) is 32.6 Å². The average molecular weight is 599 g/mol. The molecule has 0 radical (unpaired) electrons. The second-order valence-corrected chi connectivity index (χ2v) is 12.0. The Balaban J connectivity index is 1.43. The number of aromatic nitrogens is 3. The lowest BCUT2D eigenvalue weighted by Gasteiger charge is -2.15. The predicted octanol–water partition coefficient (Wildman–Crippen LogP) is 11.5. The van der Waals surface area contributed by atoms with E-state index in [9.17, 15) is 0 Å². The van der Waals surface area contributed by atoms with Crippen LogP contribution in [0.1, 0.15) is 0 Å². The third-order valence-electron chi connectivity index (χ3n) is 9.63. The summed E-state index contributed by atoms with van der Waals surface area (Å²) in [4.78, 5) is 3.99. The van der Waals surface area contributed by atoms with E-state index in [-0.39, 0.29) is 0 Å². The minimum absolute atomic E-state index is 0.643. The Bertz CT molecular complexity index is 2900. The Labute approximate surface area is 270 Å². The van der Waals surface area contributed by atoms with Gasteiger partial charge in [-0.25, -0.2) is 4.85 Å². The predicted molar refractivity (Wildman–Crippen MR) is 196 cm³/mol. The standard InChI is InChI=1S/C43H26N4/c1-44-35-22-12-20-31-32-21-13-25-39(42(32)46(41(31)35)29-16-6-3-7-17-29)47-37-24-11-9-19-34(37)40-38(47)27-26-33-30-18-8-10-23-36(30)45(43(33)40)28-14-4-2-5-15-28/h2-27H. The quantitative estimate of drug-likeness (QED) is 0.180. The van der Waals surface area contributed by atoms with Crippen LogP contribution >= 0.6 is 0 Å². The zero-order chi connectivity index (χ0) is 31.1. The van der Waals surface area contributed by atoms with E-state index in [2.05, 4.69) is 158 Å². The molecule has 4 nitrogen and oxygen atoms in total. The molecule has 0 saturated heterocycles. The molecule has 10 rings (SSSR count). The second-order valence-electron chi connectivity index (χ2n) is 12.0. The van der Waals surface area contributed by atoms with Gasteiger partial charge in [-0.3, -0.25) is 0 Å². The van der Waals surface area contributed by atoms with E-state index < -0.39 is 0 Å². The highest BCUT2D eigenvalue weighted by Crippen LogP contribution is 2.45. The molecule has 0 aliphatic carbocycles. The van der Waals surface area contributed by atoms with Gasteiger partial charge in [0.15, 0.2) is 0 Å². The monoisotopic (exact) mass is 598 g/mol. The van der Waals surface area contributed by atoms with E-state index in [4.69, 9.17) is 6.57 Å². The van der Waals surface area contributed by atoms with Gasteiger partial charge in [-0.05, 0) is 53.9 Å². The molecule has 0 N–H and O–H groups in total. The van der Waals surface area contributed by atoms with Crippen LogP contribution in [-0.4, -0.2) is 13.7 Å². The fraction of sp³-hybridized carbons (Fsp3) is 0. The number of nitrogens with zero attached hydrogens (tertiary/aromatic N) is 4. The van der Waals surface area contributed by atoms with Crippen LogP contribution in [0.2, 0.25) is 0 Å². The Morgan fingerprint density at radius 2 is 0.915 bits per heavy atom. The Morgan fingerprint density at radius 3 is 1.64 bits per heavy atom. The van der Waals surface area contributed by atoms with Crippen molar-refractivity contribution in [1.82, 2.24) is 13.7 Å². The van der Waals surface area contributed by atoms with Gasteiger partial charge in [0.2, 0.25) is 5.69 Å². The van der Waals surface area contributed by atoms with Crippen molar-refractivity contribution in [1.29, 1.82) is 0 Å². The molecule has 10 aromatic rings. The van der Waals surface area contributed by atoms with Crippen molar-refractivity contribution in [2.45, 2.75) is 0 Å². The molecule has 0 saturated carbocycles. The third kappa shape index (κ3) is 3.46. The Morgan fingerprint density at radius 1 is 0.362 bits per heavy atom. The van der Waals surface area contributed by atoms with Crippen LogP contribution < -0.4 is 0 Å². The van der Waals surface area contributed by atoms with Crippen LogP contribution in [-0.2, 0) is 0 Å². The van der Waals surface area contributed by atoms with Crippen molar-refractivity contribution in [3.8, 4) is 17.1 Å². The molecule has 0 aliphatic heterocycles. The zero-order valence-corrected chi connectivity index (χ0v) is 25.3. The summed E-state index contributed by atoms with van der Waals surface area (Å²) in [6.45, 7) is 8.08. The summed E-state index contributed by atoms with van der Waals surface area (Å²) < 4.78 is 7.14. The molecule has 3 heterocycles. The molecule has 0 aliphatic rings. The smallest absolute Gasteiger partial charge is 0.211 e. The van der Waals surface area contributed by atoms with Crippen molar-refractivity contribution in [3.05, 3.63) is 169 Å². The van der Waals surface area contributed by atoms with E-state index in [1.807, 2.05) is 18.2 Å².